The van der Waals surface area contributed by atoms with Gasteiger partial charge in [-0.2, -0.15) is 0 Å². The Morgan fingerprint density at radius 2 is 2.21 bits per heavy atom. The number of rotatable bonds is 4. The third-order valence-electron chi connectivity index (χ3n) is 2.84. The summed E-state index contributed by atoms with van der Waals surface area (Å²) in [6.07, 6.45) is 0. The van der Waals surface area contributed by atoms with Crippen molar-refractivity contribution in [2.24, 2.45) is 0 Å². The quantitative estimate of drug-likeness (QED) is 0.687. The molecule has 1 aromatic heterocycles. The molecule has 0 bridgehead atoms. The lowest BCUT2D eigenvalue weighted by Crippen LogP contribution is -2.15. The number of hydrogen-bond donors (Lipinski definition) is 1. The van der Waals surface area contributed by atoms with Crippen molar-refractivity contribution >= 4 is 22.7 Å². The van der Waals surface area contributed by atoms with Gasteiger partial charge >= 0.3 is 4.87 Å². The summed E-state index contributed by atoms with van der Waals surface area (Å²) < 4.78 is 1.64. The molecule has 0 spiro atoms. The number of anilines is 1. The molecule has 0 amide bonds. The van der Waals surface area contributed by atoms with Crippen LogP contribution in [-0.2, 0) is 6.54 Å². The lowest BCUT2D eigenvalue weighted by molar-refractivity contribution is -0.383. The number of nitro benzene ring substituents is 1. The van der Waals surface area contributed by atoms with E-state index in [9.17, 15) is 14.9 Å². The second-order valence-electron chi connectivity index (χ2n) is 4.09. The lowest BCUT2D eigenvalue weighted by atomic mass is 10.1. The van der Waals surface area contributed by atoms with Crippen LogP contribution >= 0.6 is 11.3 Å². The van der Waals surface area contributed by atoms with Crippen molar-refractivity contribution < 1.29 is 4.92 Å². The summed E-state index contributed by atoms with van der Waals surface area (Å²) in [5.74, 6) is 0. The molecule has 0 unspecified atom stereocenters. The number of hydrogen-bond acceptors (Lipinski definition) is 5. The normalized spacial score (nSPS) is 10.4. The Bertz CT molecular complexity index is 675. The molecule has 0 radical (unpaired) electrons. The SMILES string of the molecule is CNc1cc(Cn2c(C)csc2=O)ccc1[N+](=O)[O-]. The highest BCUT2D eigenvalue weighted by Gasteiger charge is 2.13. The fourth-order valence-electron chi connectivity index (χ4n) is 1.82. The van der Waals surface area contributed by atoms with Gasteiger partial charge in [0.15, 0.2) is 0 Å². The summed E-state index contributed by atoms with van der Waals surface area (Å²) in [5.41, 5.74) is 2.21. The number of benzene rings is 1. The van der Waals surface area contributed by atoms with Gasteiger partial charge in [0.05, 0.1) is 11.5 Å². The third-order valence-corrected chi connectivity index (χ3v) is 3.73. The van der Waals surface area contributed by atoms with Crippen LogP contribution in [0.3, 0.4) is 0 Å². The molecule has 0 saturated heterocycles. The molecule has 1 aromatic carbocycles. The van der Waals surface area contributed by atoms with Crippen molar-refractivity contribution in [3.05, 3.63) is 54.6 Å². The molecule has 0 saturated carbocycles. The Morgan fingerprint density at radius 1 is 1.47 bits per heavy atom. The highest BCUT2D eigenvalue weighted by Crippen LogP contribution is 2.25. The first kappa shape index (κ1) is 13.3. The molecule has 0 aliphatic rings. The highest BCUT2D eigenvalue weighted by atomic mass is 32.1. The van der Waals surface area contributed by atoms with E-state index in [1.54, 1.807) is 29.1 Å². The maximum atomic E-state index is 11.6. The zero-order valence-electron chi connectivity index (χ0n) is 10.5. The molecular formula is C12H13N3O3S. The predicted octanol–water partition coefficient (Wildman–Crippen LogP) is 2.22. The molecular weight excluding hydrogens is 266 g/mol. The van der Waals surface area contributed by atoms with Crippen molar-refractivity contribution in [3.63, 3.8) is 0 Å². The first-order chi connectivity index (χ1) is 9.02. The van der Waals surface area contributed by atoms with Crippen molar-refractivity contribution in [3.8, 4) is 0 Å². The van der Waals surface area contributed by atoms with Gasteiger partial charge < -0.3 is 5.32 Å². The fourth-order valence-corrected chi connectivity index (χ4v) is 2.55. The molecule has 19 heavy (non-hydrogen) atoms. The average molecular weight is 279 g/mol. The Hall–Kier alpha value is -2.15. The number of thiazole rings is 1. The third kappa shape index (κ3) is 2.65. The topological polar surface area (TPSA) is 77.2 Å². The largest absolute Gasteiger partial charge is 0.383 e. The summed E-state index contributed by atoms with van der Waals surface area (Å²) in [5, 5.41) is 15.4. The average Bonchev–Trinajstić information content (AvgIpc) is 2.70. The van der Waals surface area contributed by atoms with E-state index in [0.717, 1.165) is 22.6 Å². The number of aromatic nitrogens is 1. The van der Waals surface area contributed by atoms with Crippen molar-refractivity contribution in [2.75, 3.05) is 12.4 Å². The summed E-state index contributed by atoms with van der Waals surface area (Å²) in [4.78, 5) is 22.0. The first-order valence-corrected chi connectivity index (χ1v) is 6.51. The van der Waals surface area contributed by atoms with Crippen LogP contribution in [0, 0.1) is 17.0 Å². The summed E-state index contributed by atoms with van der Waals surface area (Å²) in [6.45, 7) is 2.28. The molecule has 100 valence electrons. The standard InChI is InChI=1S/C12H13N3O3S/c1-8-7-19-12(16)14(8)6-9-3-4-11(15(17)18)10(5-9)13-2/h3-5,7,13H,6H2,1-2H3. The predicted molar refractivity (Wildman–Crippen MR) is 75.1 cm³/mol. The van der Waals surface area contributed by atoms with Crippen molar-refractivity contribution in [1.29, 1.82) is 0 Å². The minimum Gasteiger partial charge on any atom is -0.383 e. The van der Waals surface area contributed by atoms with Crippen LogP contribution in [0.15, 0.2) is 28.4 Å². The molecule has 1 heterocycles. The Labute approximate surface area is 113 Å². The van der Waals surface area contributed by atoms with Crippen LogP contribution in [-0.4, -0.2) is 16.5 Å². The van der Waals surface area contributed by atoms with Gasteiger partial charge in [0.2, 0.25) is 0 Å². The maximum absolute atomic E-state index is 11.6. The second kappa shape index (κ2) is 5.23. The van der Waals surface area contributed by atoms with E-state index >= 15 is 0 Å². The van der Waals surface area contributed by atoms with Crippen LogP contribution in [0.5, 0.6) is 0 Å². The van der Waals surface area contributed by atoms with Gasteiger partial charge in [-0.25, -0.2) is 0 Å². The Morgan fingerprint density at radius 3 is 2.74 bits per heavy atom. The molecule has 1 N–H and O–H groups in total. The zero-order valence-corrected chi connectivity index (χ0v) is 11.4. The van der Waals surface area contributed by atoms with E-state index in [2.05, 4.69) is 5.32 Å². The maximum Gasteiger partial charge on any atom is 0.307 e. The van der Waals surface area contributed by atoms with E-state index in [-0.39, 0.29) is 10.6 Å². The molecule has 0 aliphatic carbocycles. The number of nitrogens with one attached hydrogen (secondary N) is 1. The van der Waals surface area contributed by atoms with Gasteiger partial charge in [-0.15, -0.1) is 0 Å². The van der Waals surface area contributed by atoms with Crippen LogP contribution in [0.4, 0.5) is 11.4 Å². The molecule has 0 atom stereocenters. The molecule has 2 rings (SSSR count). The lowest BCUT2D eigenvalue weighted by Gasteiger charge is -2.07. The highest BCUT2D eigenvalue weighted by molar-refractivity contribution is 7.07. The van der Waals surface area contributed by atoms with Crippen LogP contribution in [0.25, 0.3) is 0 Å². The van der Waals surface area contributed by atoms with Gasteiger partial charge in [-0.05, 0) is 18.6 Å². The van der Waals surface area contributed by atoms with Gasteiger partial charge in [-0.1, -0.05) is 17.4 Å². The van der Waals surface area contributed by atoms with Gasteiger partial charge in [0, 0.05) is 24.2 Å². The first-order valence-electron chi connectivity index (χ1n) is 5.63. The zero-order chi connectivity index (χ0) is 14.0. The van der Waals surface area contributed by atoms with E-state index in [0.29, 0.717) is 12.2 Å². The van der Waals surface area contributed by atoms with Crippen molar-refractivity contribution in [1.82, 2.24) is 4.57 Å². The molecule has 0 fully saturated rings. The van der Waals surface area contributed by atoms with Crippen LogP contribution < -0.4 is 10.2 Å². The Balaban J connectivity index is 2.37. The Kier molecular flexibility index (Phi) is 3.66. The summed E-state index contributed by atoms with van der Waals surface area (Å²) >= 11 is 1.15. The fraction of sp³-hybridized carbons (Fsp3) is 0.250. The smallest absolute Gasteiger partial charge is 0.307 e. The van der Waals surface area contributed by atoms with Gasteiger partial charge in [0.1, 0.15) is 5.69 Å². The molecule has 2 aromatic rings. The van der Waals surface area contributed by atoms with E-state index < -0.39 is 4.92 Å². The van der Waals surface area contributed by atoms with Crippen LogP contribution in [0.1, 0.15) is 11.3 Å². The molecule has 7 heteroatoms. The summed E-state index contributed by atoms with van der Waals surface area (Å²) in [7, 11) is 1.63. The number of nitrogens with zero attached hydrogens (tertiary/aromatic N) is 2. The molecule has 6 nitrogen and oxygen atoms in total. The monoisotopic (exact) mass is 279 g/mol. The van der Waals surface area contributed by atoms with Gasteiger partial charge in [0.25, 0.3) is 5.69 Å². The second-order valence-corrected chi connectivity index (χ2v) is 4.91. The van der Waals surface area contributed by atoms with E-state index in [1.165, 1.54) is 6.07 Å². The van der Waals surface area contributed by atoms with Crippen LogP contribution in [0.2, 0.25) is 0 Å². The number of aryl methyl sites for hydroxylation is 1. The van der Waals surface area contributed by atoms with E-state index in [1.807, 2.05) is 6.92 Å². The summed E-state index contributed by atoms with van der Waals surface area (Å²) in [6, 6.07) is 4.82. The van der Waals surface area contributed by atoms with Crippen molar-refractivity contribution in [2.45, 2.75) is 13.5 Å². The van der Waals surface area contributed by atoms with E-state index in [4.69, 9.17) is 0 Å². The number of nitro groups is 1. The molecule has 0 aliphatic heterocycles. The minimum absolute atomic E-state index is 0.0261. The minimum atomic E-state index is -0.433. The van der Waals surface area contributed by atoms with Gasteiger partial charge in [-0.3, -0.25) is 19.5 Å².